The van der Waals surface area contributed by atoms with Gasteiger partial charge in [0, 0.05) is 36.8 Å². The van der Waals surface area contributed by atoms with Crippen LogP contribution >= 0.6 is 0 Å². The Balaban J connectivity index is 1.67. The van der Waals surface area contributed by atoms with Crippen molar-refractivity contribution in [3.63, 3.8) is 0 Å². The van der Waals surface area contributed by atoms with E-state index in [-0.39, 0.29) is 11.8 Å². The zero-order valence-electron chi connectivity index (χ0n) is 14.3. The lowest BCUT2D eigenvalue weighted by Crippen LogP contribution is -2.27. The number of hydrogen-bond acceptors (Lipinski definition) is 4. The molecular weight excluding hydrogens is 318 g/mol. The first-order valence-electron chi connectivity index (χ1n) is 8.37. The Morgan fingerprint density at radius 2 is 1.88 bits per heavy atom. The molecule has 2 amide bonds. The van der Waals surface area contributed by atoms with Crippen LogP contribution in [-0.2, 0) is 11.3 Å². The third-order valence-electron chi connectivity index (χ3n) is 3.51. The highest BCUT2D eigenvalue weighted by molar-refractivity contribution is 5.94. The smallest absolute Gasteiger partial charge is 0.251 e. The van der Waals surface area contributed by atoms with Gasteiger partial charge in [-0.15, -0.1) is 0 Å². The predicted molar refractivity (Wildman–Crippen MR) is 95.3 cm³/mol. The van der Waals surface area contributed by atoms with Gasteiger partial charge in [-0.05, 0) is 31.5 Å². The Morgan fingerprint density at radius 3 is 2.64 bits per heavy atom. The third-order valence-corrected chi connectivity index (χ3v) is 3.51. The summed E-state index contributed by atoms with van der Waals surface area (Å²) in [5, 5.41) is 5.65. The van der Waals surface area contributed by atoms with Crippen LogP contribution in [-0.4, -0.2) is 29.9 Å². The molecule has 132 valence electrons. The first kappa shape index (κ1) is 18.4. The normalized spacial score (nSPS) is 10.1. The molecule has 0 aliphatic heterocycles. The van der Waals surface area contributed by atoms with E-state index in [0.29, 0.717) is 44.0 Å². The molecule has 0 fully saturated rings. The Hall–Kier alpha value is -2.89. The Kier molecular flexibility index (Phi) is 7.43. The van der Waals surface area contributed by atoms with E-state index in [1.807, 2.05) is 37.3 Å². The van der Waals surface area contributed by atoms with Gasteiger partial charge in [0.2, 0.25) is 11.8 Å². The summed E-state index contributed by atoms with van der Waals surface area (Å²) in [6.07, 6.45) is 2.58. The summed E-state index contributed by atoms with van der Waals surface area (Å²) < 4.78 is 5.43. The van der Waals surface area contributed by atoms with Crippen LogP contribution in [0.1, 0.15) is 35.7 Å². The number of hydrogen-bond donors (Lipinski definition) is 2. The molecule has 0 atom stereocenters. The van der Waals surface area contributed by atoms with Gasteiger partial charge in [0.25, 0.3) is 5.91 Å². The van der Waals surface area contributed by atoms with Crippen molar-refractivity contribution in [2.45, 2.75) is 26.3 Å². The molecule has 0 saturated carbocycles. The maximum Gasteiger partial charge on any atom is 0.251 e. The van der Waals surface area contributed by atoms with E-state index in [4.69, 9.17) is 4.74 Å². The van der Waals surface area contributed by atoms with Crippen molar-refractivity contribution in [3.8, 4) is 5.88 Å². The zero-order valence-corrected chi connectivity index (χ0v) is 14.3. The molecule has 1 aromatic carbocycles. The molecule has 0 radical (unpaired) electrons. The van der Waals surface area contributed by atoms with E-state index < -0.39 is 0 Å². The first-order chi connectivity index (χ1) is 12.2. The quantitative estimate of drug-likeness (QED) is 0.686. The number of nitrogens with zero attached hydrogens (tertiary/aromatic N) is 1. The molecule has 0 unspecified atom stereocenters. The maximum atomic E-state index is 11.9. The van der Waals surface area contributed by atoms with Crippen molar-refractivity contribution in [3.05, 3.63) is 59.8 Å². The fourth-order valence-electron chi connectivity index (χ4n) is 2.25. The van der Waals surface area contributed by atoms with Gasteiger partial charge < -0.3 is 15.4 Å². The standard InChI is InChI=1S/C19H23N3O3/c1-2-25-19-16(10-6-13-21-19)14-22-17(23)11-7-12-20-18(24)15-8-4-3-5-9-15/h3-6,8-10,13H,2,7,11-12,14H2,1H3,(H,20,24)(H,22,23). The van der Waals surface area contributed by atoms with E-state index in [0.717, 1.165) is 5.56 Å². The van der Waals surface area contributed by atoms with Gasteiger partial charge in [-0.3, -0.25) is 9.59 Å². The average Bonchev–Trinajstić information content (AvgIpc) is 2.65. The van der Waals surface area contributed by atoms with Crippen molar-refractivity contribution in [2.24, 2.45) is 0 Å². The molecule has 0 aliphatic rings. The topological polar surface area (TPSA) is 80.3 Å². The van der Waals surface area contributed by atoms with E-state index >= 15 is 0 Å². The number of nitrogens with one attached hydrogen (secondary N) is 2. The maximum absolute atomic E-state index is 11.9. The minimum Gasteiger partial charge on any atom is -0.478 e. The molecule has 25 heavy (non-hydrogen) atoms. The van der Waals surface area contributed by atoms with Crippen LogP contribution in [0.5, 0.6) is 5.88 Å². The summed E-state index contributed by atoms with van der Waals surface area (Å²) in [5.74, 6) is 0.346. The summed E-state index contributed by atoms with van der Waals surface area (Å²) in [7, 11) is 0. The summed E-state index contributed by atoms with van der Waals surface area (Å²) >= 11 is 0. The predicted octanol–water partition coefficient (Wildman–Crippen LogP) is 2.31. The van der Waals surface area contributed by atoms with Crippen LogP contribution in [0.15, 0.2) is 48.7 Å². The fraction of sp³-hybridized carbons (Fsp3) is 0.316. The minimum atomic E-state index is -0.127. The van der Waals surface area contributed by atoms with E-state index in [9.17, 15) is 9.59 Å². The molecular formula is C19H23N3O3. The molecule has 6 nitrogen and oxygen atoms in total. The number of ether oxygens (including phenoxy) is 1. The van der Waals surface area contributed by atoms with Crippen LogP contribution < -0.4 is 15.4 Å². The van der Waals surface area contributed by atoms with E-state index in [2.05, 4.69) is 15.6 Å². The molecule has 0 bridgehead atoms. The van der Waals surface area contributed by atoms with Gasteiger partial charge in [-0.1, -0.05) is 24.3 Å². The number of pyridine rings is 1. The molecule has 6 heteroatoms. The number of rotatable bonds is 9. The molecule has 2 rings (SSSR count). The molecule has 2 aromatic rings. The van der Waals surface area contributed by atoms with Crippen molar-refractivity contribution in [1.29, 1.82) is 0 Å². The van der Waals surface area contributed by atoms with Crippen molar-refractivity contribution in [2.75, 3.05) is 13.2 Å². The van der Waals surface area contributed by atoms with Crippen LogP contribution in [0.2, 0.25) is 0 Å². The van der Waals surface area contributed by atoms with Gasteiger partial charge in [0.15, 0.2) is 0 Å². The summed E-state index contributed by atoms with van der Waals surface area (Å²) in [4.78, 5) is 27.9. The number of benzene rings is 1. The van der Waals surface area contributed by atoms with Gasteiger partial charge in [-0.25, -0.2) is 4.98 Å². The Labute approximate surface area is 147 Å². The van der Waals surface area contributed by atoms with Crippen LogP contribution in [0.25, 0.3) is 0 Å². The molecule has 0 aliphatic carbocycles. The van der Waals surface area contributed by atoms with Gasteiger partial charge in [-0.2, -0.15) is 0 Å². The highest BCUT2D eigenvalue weighted by atomic mass is 16.5. The molecule has 0 saturated heterocycles. The number of carbonyl (C=O) groups is 2. The Bertz CT molecular complexity index is 689. The van der Waals surface area contributed by atoms with Gasteiger partial charge in [0.1, 0.15) is 0 Å². The molecule has 1 aromatic heterocycles. The lowest BCUT2D eigenvalue weighted by Gasteiger charge is -2.10. The molecule has 2 N–H and O–H groups in total. The minimum absolute atomic E-state index is 0.0692. The largest absolute Gasteiger partial charge is 0.478 e. The highest BCUT2D eigenvalue weighted by Gasteiger charge is 2.07. The van der Waals surface area contributed by atoms with E-state index in [1.54, 1.807) is 18.3 Å². The second kappa shape index (κ2) is 10.1. The van der Waals surface area contributed by atoms with E-state index in [1.165, 1.54) is 0 Å². The second-order valence-corrected chi connectivity index (χ2v) is 5.40. The zero-order chi connectivity index (χ0) is 17.9. The van der Waals surface area contributed by atoms with Gasteiger partial charge in [0.05, 0.1) is 6.61 Å². The highest BCUT2D eigenvalue weighted by Crippen LogP contribution is 2.13. The first-order valence-corrected chi connectivity index (χ1v) is 8.37. The lowest BCUT2D eigenvalue weighted by atomic mass is 10.2. The molecule has 1 heterocycles. The van der Waals surface area contributed by atoms with Crippen LogP contribution in [0, 0.1) is 0 Å². The molecule has 0 spiro atoms. The Morgan fingerprint density at radius 1 is 1.08 bits per heavy atom. The van der Waals surface area contributed by atoms with Crippen molar-refractivity contribution < 1.29 is 14.3 Å². The van der Waals surface area contributed by atoms with Crippen molar-refractivity contribution in [1.82, 2.24) is 15.6 Å². The van der Waals surface area contributed by atoms with Crippen molar-refractivity contribution >= 4 is 11.8 Å². The van der Waals surface area contributed by atoms with Crippen LogP contribution in [0.4, 0.5) is 0 Å². The lowest BCUT2D eigenvalue weighted by molar-refractivity contribution is -0.121. The van der Waals surface area contributed by atoms with Crippen LogP contribution in [0.3, 0.4) is 0 Å². The monoisotopic (exact) mass is 341 g/mol. The number of amides is 2. The number of carbonyl (C=O) groups excluding carboxylic acids is 2. The SMILES string of the molecule is CCOc1ncccc1CNC(=O)CCCNC(=O)c1ccccc1. The summed E-state index contributed by atoms with van der Waals surface area (Å²) in [5.41, 5.74) is 1.46. The second-order valence-electron chi connectivity index (χ2n) is 5.40. The summed E-state index contributed by atoms with van der Waals surface area (Å²) in [6.45, 7) is 3.25. The average molecular weight is 341 g/mol. The van der Waals surface area contributed by atoms with Gasteiger partial charge >= 0.3 is 0 Å². The number of aromatic nitrogens is 1. The fourth-order valence-corrected chi connectivity index (χ4v) is 2.25. The summed E-state index contributed by atoms with van der Waals surface area (Å²) in [6, 6.07) is 12.7. The third kappa shape index (κ3) is 6.25.